The van der Waals surface area contributed by atoms with Crippen LogP contribution in [-0.2, 0) is 13.0 Å². The lowest BCUT2D eigenvalue weighted by molar-refractivity contribution is 0.0977. The van der Waals surface area contributed by atoms with Crippen molar-refractivity contribution in [1.82, 2.24) is 5.32 Å². The van der Waals surface area contributed by atoms with E-state index < -0.39 is 0 Å². The Morgan fingerprint density at radius 2 is 1.76 bits per heavy atom. The molecule has 3 aromatic carbocycles. The fraction of sp³-hybridized carbons (Fsp3) is 0.167. The van der Waals surface area contributed by atoms with Crippen LogP contribution in [0.15, 0.2) is 72.8 Å². The first-order valence-corrected chi connectivity index (χ1v) is 9.95. The number of hydrogen-bond acceptors (Lipinski definition) is 3. The van der Waals surface area contributed by atoms with Crippen LogP contribution in [0, 0.1) is 6.92 Å². The van der Waals surface area contributed by atoms with Gasteiger partial charge < -0.3 is 10.1 Å². The van der Waals surface area contributed by atoms with Crippen molar-refractivity contribution in [2.24, 2.45) is 0 Å². The highest BCUT2D eigenvalue weighted by Crippen LogP contribution is 2.21. The van der Waals surface area contributed by atoms with Crippen molar-refractivity contribution in [3.8, 4) is 5.75 Å². The van der Waals surface area contributed by atoms with Crippen molar-refractivity contribution in [1.29, 1.82) is 0 Å². The van der Waals surface area contributed by atoms with Crippen LogP contribution < -0.4 is 15.4 Å². The van der Waals surface area contributed by atoms with Gasteiger partial charge in [-0.05, 0) is 60.5 Å². The third-order valence-electron chi connectivity index (χ3n) is 4.55. The average molecular weight is 405 g/mol. The van der Waals surface area contributed by atoms with Gasteiger partial charge >= 0.3 is 0 Å². The lowest BCUT2D eigenvalue weighted by Crippen LogP contribution is -2.34. The highest BCUT2D eigenvalue weighted by atomic mass is 32.1. The molecule has 0 saturated carbocycles. The van der Waals surface area contributed by atoms with E-state index in [4.69, 9.17) is 17.0 Å². The summed E-state index contributed by atoms with van der Waals surface area (Å²) in [5, 5.41) is 6.18. The third-order valence-corrected chi connectivity index (χ3v) is 4.75. The molecule has 0 aliphatic rings. The van der Waals surface area contributed by atoms with Gasteiger partial charge in [-0.3, -0.25) is 10.1 Å². The highest BCUT2D eigenvalue weighted by molar-refractivity contribution is 7.80. The summed E-state index contributed by atoms with van der Waals surface area (Å²) in [6.07, 6.45) is 0.876. The molecule has 3 aromatic rings. The van der Waals surface area contributed by atoms with Crippen LogP contribution in [0.5, 0.6) is 5.75 Å². The van der Waals surface area contributed by atoms with Gasteiger partial charge in [-0.15, -0.1) is 0 Å². The lowest BCUT2D eigenvalue weighted by Gasteiger charge is -2.15. The van der Waals surface area contributed by atoms with E-state index in [1.807, 2.05) is 61.5 Å². The van der Waals surface area contributed by atoms with Crippen molar-refractivity contribution < 1.29 is 9.53 Å². The number of para-hydroxylation sites is 1. The number of rotatable bonds is 6. The molecule has 0 spiro atoms. The van der Waals surface area contributed by atoms with Crippen molar-refractivity contribution in [3.05, 3.63) is 95.1 Å². The number of aryl methyl sites for hydroxylation is 2. The zero-order valence-corrected chi connectivity index (χ0v) is 17.4. The second-order valence-corrected chi connectivity index (χ2v) is 7.08. The van der Waals surface area contributed by atoms with Crippen LogP contribution in [0.25, 0.3) is 0 Å². The summed E-state index contributed by atoms with van der Waals surface area (Å²) in [5.41, 5.74) is 4.73. The molecule has 4 nitrogen and oxygen atoms in total. The molecule has 0 radical (unpaired) electrons. The molecule has 0 aliphatic heterocycles. The van der Waals surface area contributed by atoms with E-state index in [-0.39, 0.29) is 11.0 Å². The molecule has 3 rings (SSSR count). The first-order valence-electron chi connectivity index (χ1n) is 9.54. The molecule has 148 valence electrons. The van der Waals surface area contributed by atoms with Crippen LogP contribution in [0.1, 0.15) is 34.0 Å². The SMILES string of the molecule is CCc1cccc(C)c1NC(=S)NC(=O)c1cccc(OCc2ccccc2)c1. The zero-order chi connectivity index (χ0) is 20.6. The van der Waals surface area contributed by atoms with E-state index in [0.29, 0.717) is 17.9 Å². The molecule has 0 heterocycles. The summed E-state index contributed by atoms with van der Waals surface area (Å²) >= 11 is 5.35. The van der Waals surface area contributed by atoms with Gasteiger partial charge in [0.15, 0.2) is 5.11 Å². The maximum absolute atomic E-state index is 12.6. The largest absolute Gasteiger partial charge is 0.489 e. The molecule has 2 N–H and O–H groups in total. The Labute approximate surface area is 176 Å². The van der Waals surface area contributed by atoms with Gasteiger partial charge in [-0.1, -0.05) is 61.5 Å². The molecule has 0 bridgehead atoms. The molecule has 1 amide bonds. The van der Waals surface area contributed by atoms with Gasteiger partial charge in [0, 0.05) is 11.3 Å². The number of nitrogens with one attached hydrogen (secondary N) is 2. The summed E-state index contributed by atoms with van der Waals surface area (Å²) in [7, 11) is 0. The third kappa shape index (κ3) is 5.65. The maximum atomic E-state index is 12.6. The van der Waals surface area contributed by atoms with E-state index in [1.54, 1.807) is 18.2 Å². The summed E-state index contributed by atoms with van der Waals surface area (Å²) < 4.78 is 5.80. The van der Waals surface area contributed by atoms with E-state index >= 15 is 0 Å². The molecule has 0 fully saturated rings. The Morgan fingerprint density at radius 1 is 1.00 bits per heavy atom. The second-order valence-electron chi connectivity index (χ2n) is 6.67. The van der Waals surface area contributed by atoms with E-state index in [2.05, 4.69) is 17.6 Å². The van der Waals surface area contributed by atoms with E-state index in [9.17, 15) is 4.79 Å². The van der Waals surface area contributed by atoms with Crippen molar-refractivity contribution in [2.45, 2.75) is 26.9 Å². The van der Waals surface area contributed by atoms with Gasteiger partial charge in [0.05, 0.1) is 0 Å². The van der Waals surface area contributed by atoms with Crippen molar-refractivity contribution >= 4 is 28.9 Å². The monoisotopic (exact) mass is 404 g/mol. The molecule has 29 heavy (non-hydrogen) atoms. The van der Waals surface area contributed by atoms with Crippen molar-refractivity contribution in [2.75, 3.05) is 5.32 Å². The standard InChI is InChI=1S/C24H24N2O2S/c1-3-19-12-7-9-17(2)22(19)25-24(29)26-23(27)20-13-8-14-21(15-20)28-16-18-10-5-4-6-11-18/h4-15H,3,16H2,1-2H3,(H2,25,26,27,29). The van der Waals surface area contributed by atoms with Crippen LogP contribution >= 0.6 is 12.2 Å². The number of benzene rings is 3. The van der Waals surface area contributed by atoms with Crippen LogP contribution in [0.3, 0.4) is 0 Å². The molecule has 0 aliphatic carbocycles. The summed E-state index contributed by atoms with van der Waals surface area (Å²) in [5.74, 6) is 0.354. The topological polar surface area (TPSA) is 50.4 Å². The second kappa shape index (κ2) is 9.85. The lowest BCUT2D eigenvalue weighted by atomic mass is 10.1. The van der Waals surface area contributed by atoms with Gasteiger partial charge in [0.2, 0.25) is 0 Å². The number of hydrogen-bond donors (Lipinski definition) is 2. The Morgan fingerprint density at radius 3 is 2.52 bits per heavy atom. The summed E-state index contributed by atoms with van der Waals surface area (Å²) in [6.45, 7) is 4.54. The molecule has 5 heteroatoms. The Balaban J connectivity index is 1.63. The minimum atomic E-state index is -0.278. The van der Waals surface area contributed by atoms with E-state index in [1.165, 1.54) is 0 Å². The number of carbonyl (C=O) groups excluding carboxylic acids is 1. The fourth-order valence-electron chi connectivity index (χ4n) is 2.99. The Bertz CT molecular complexity index is 1000. The Hall–Kier alpha value is -3.18. The van der Waals surface area contributed by atoms with Gasteiger partial charge in [-0.2, -0.15) is 0 Å². The predicted octanol–water partition coefficient (Wildman–Crippen LogP) is 5.26. The van der Waals surface area contributed by atoms with Crippen molar-refractivity contribution in [3.63, 3.8) is 0 Å². The Kier molecular flexibility index (Phi) is 6.98. The predicted molar refractivity (Wildman–Crippen MR) is 121 cm³/mol. The minimum absolute atomic E-state index is 0.273. The highest BCUT2D eigenvalue weighted by Gasteiger charge is 2.11. The average Bonchev–Trinajstić information content (AvgIpc) is 2.74. The zero-order valence-electron chi connectivity index (χ0n) is 16.6. The number of ether oxygens (including phenoxy) is 1. The first-order chi connectivity index (χ1) is 14.1. The molecule has 0 aromatic heterocycles. The first kappa shape index (κ1) is 20.6. The van der Waals surface area contributed by atoms with E-state index in [0.717, 1.165) is 28.8 Å². The van der Waals surface area contributed by atoms with Gasteiger partial charge in [-0.25, -0.2) is 0 Å². The molecule has 0 unspecified atom stereocenters. The summed E-state index contributed by atoms with van der Waals surface area (Å²) in [4.78, 5) is 12.6. The number of anilines is 1. The normalized spacial score (nSPS) is 10.3. The number of carbonyl (C=O) groups is 1. The van der Waals surface area contributed by atoms with Crippen LogP contribution in [0.2, 0.25) is 0 Å². The molecular formula is C24H24N2O2S. The minimum Gasteiger partial charge on any atom is -0.489 e. The van der Waals surface area contributed by atoms with Crippen LogP contribution in [0.4, 0.5) is 5.69 Å². The smallest absolute Gasteiger partial charge is 0.257 e. The number of amides is 1. The van der Waals surface area contributed by atoms with Crippen LogP contribution in [-0.4, -0.2) is 11.0 Å². The number of thiocarbonyl (C=S) groups is 1. The fourth-order valence-corrected chi connectivity index (χ4v) is 3.18. The van der Waals surface area contributed by atoms with Gasteiger partial charge in [0.25, 0.3) is 5.91 Å². The molecule has 0 atom stereocenters. The van der Waals surface area contributed by atoms with Gasteiger partial charge in [0.1, 0.15) is 12.4 Å². The molecular weight excluding hydrogens is 380 g/mol. The quantitative estimate of drug-likeness (QED) is 0.550. The molecule has 0 saturated heterocycles. The summed E-state index contributed by atoms with van der Waals surface area (Å²) in [6, 6.07) is 23.0. The maximum Gasteiger partial charge on any atom is 0.257 e.